The maximum Gasteiger partial charge on any atom is 0.296 e. The molecular formula is C12H12ClN3O2S. The summed E-state index contributed by atoms with van der Waals surface area (Å²) < 4.78 is 24.7. The minimum Gasteiger partial charge on any atom is -0.294 e. The predicted octanol–water partition coefficient (Wildman–Crippen LogP) is 2.52. The summed E-state index contributed by atoms with van der Waals surface area (Å²) in [5.41, 5.74) is 1.97. The molecule has 0 radical (unpaired) electrons. The molecule has 1 saturated carbocycles. The third-order valence-corrected chi connectivity index (χ3v) is 4.23. The summed E-state index contributed by atoms with van der Waals surface area (Å²) in [5.74, 6) is 0.557. The Labute approximate surface area is 115 Å². The second kappa shape index (κ2) is 4.31. The maximum atomic E-state index is 11.5. The molecule has 0 amide bonds. The minimum atomic E-state index is -3.87. The Morgan fingerprint density at radius 3 is 2.37 bits per heavy atom. The van der Waals surface area contributed by atoms with Crippen molar-refractivity contribution < 1.29 is 8.42 Å². The standard InChI is InChI=1S/C12H12ClN3O2S/c1-8-2-4-9(5-3-8)11-14-15-12(19(13,17)18)16(11)10-6-7-10/h2-5,10H,6-7H2,1H3. The van der Waals surface area contributed by atoms with Gasteiger partial charge in [-0.25, -0.2) is 8.42 Å². The van der Waals surface area contributed by atoms with Gasteiger partial charge in [-0.1, -0.05) is 29.8 Å². The van der Waals surface area contributed by atoms with Crippen LogP contribution in [0.4, 0.5) is 0 Å². The molecule has 19 heavy (non-hydrogen) atoms. The van der Waals surface area contributed by atoms with E-state index in [1.54, 1.807) is 4.57 Å². The largest absolute Gasteiger partial charge is 0.296 e. The van der Waals surface area contributed by atoms with E-state index in [1.807, 2.05) is 31.2 Å². The zero-order valence-corrected chi connectivity index (χ0v) is 11.8. The molecule has 0 aliphatic heterocycles. The molecule has 5 nitrogen and oxygen atoms in total. The van der Waals surface area contributed by atoms with E-state index in [1.165, 1.54) is 0 Å². The Morgan fingerprint density at radius 1 is 1.21 bits per heavy atom. The van der Waals surface area contributed by atoms with Crippen LogP contribution in [0.3, 0.4) is 0 Å². The average Bonchev–Trinajstić information content (AvgIpc) is 3.07. The van der Waals surface area contributed by atoms with E-state index in [0.717, 1.165) is 24.0 Å². The van der Waals surface area contributed by atoms with Crippen molar-refractivity contribution in [2.45, 2.75) is 31.0 Å². The molecule has 100 valence electrons. The van der Waals surface area contributed by atoms with Gasteiger partial charge in [0.2, 0.25) is 0 Å². The van der Waals surface area contributed by atoms with E-state index in [0.29, 0.717) is 5.82 Å². The summed E-state index contributed by atoms with van der Waals surface area (Å²) in [6, 6.07) is 7.85. The number of halogens is 1. The van der Waals surface area contributed by atoms with Crippen molar-refractivity contribution in [1.29, 1.82) is 0 Å². The Morgan fingerprint density at radius 2 is 1.84 bits per heavy atom. The summed E-state index contributed by atoms with van der Waals surface area (Å²) >= 11 is 0. The van der Waals surface area contributed by atoms with Crippen molar-refractivity contribution in [3.05, 3.63) is 29.8 Å². The zero-order chi connectivity index (χ0) is 13.6. The van der Waals surface area contributed by atoms with Crippen LogP contribution in [-0.4, -0.2) is 23.2 Å². The van der Waals surface area contributed by atoms with Crippen LogP contribution in [0.2, 0.25) is 0 Å². The molecule has 7 heteroatoms. The lowest BCUT2D eigenvalue weighted by Gasteiger charge is -2.07. The molecule has 3 rings (SSSR count). The van der Waals surface area contributed by atoms with Crippen LogP contribution in [0.5, 0.6) is 0 Å². The fraction of sp³-hybridized carbons (Fsp3) is 0.333. The first-order valence-corrected chi connectivity index (χ1v) is 8.24. The number of nitrogens with zero attached hydrogens (tertiary/aromatic N) is 3. The normalized spacial score (nSPS) is 15.7. The number of benzene rings is 1. The fourth-order valence-corrected chi connectivity index (χ4v) is 2.93. The van der Waals surface area contributed by atoms with Gasteiger partial charge in [0.15, 0.2) is 5.82 Å². The van der Waals surface area contributed by atoms with Crippen LogP contribution in [-0.2, 0) is 9.05 Å². The van der Waals surface area contributed by atoms with Gasteiger partial charge in [-0.2, -0.15) is 0 Å². The van der Waals surface area contributed by atoms with Crippen LogP contribution in [0.1, 0.15) is 24.4 Å². The minimum absolute atomic E-state index is 0.134. The molecule has 0 bridgehead atoms. The van der Waals surface area contributed by atoms with Crippen LogP contribution >= 0.6 is 10.7 Å². The third kappa shape index (κ3) is 2.37. The molecule has 0 atom stereocenters. The first-order valence-electron chi connectivity index (χ1n) is 5.93. The highest BCUT2D eigenvalue weighted by Crippen LogP contribution is 2.40. The van der Waals surface area contributed by atoms with Gasteiger partial charge < -0.3 is 0 Å². The highest BCUT2D eigenvalue weighted by molar-refractivity contribution is 8.13. The third-order valence-electron chi connectivity index (χ3n) is 3.10. The number of rotatable bonds is 3. The Hall–Kier alpha value is -1.40. The van der Waals surface area contributed by atoms with Gasteiger partial charge in [-0.3, -0.25) is 4.57 Å². The monoisotopic (exact) mass is 297 g/mol. The maximum absolute atomic E-state index is 11.5. The summed E-state index contributed by atoms with van der Waals surface area (Å²) in [5, 5.41) is 7.57. The van der Waals surface area contributed by atoms with Crippen molar-refractivity contribution in [3.63, 3.8) is 0 Å². The molecule has 0 saturated heterocycles. The molecule has 1 aromatic heterocycles. The van der Waals surface area contributed by atoms with E-state index >= 15 is 0 Å². The van der Waals surface area contributed by atoms with Gasteiger partial charge in [0.1, 0.15) is 0 Å². The highest BCUT2D eigenvalue weighted by Gasteiger charge is 2.34. The zero-order valence-electron chi connectivity index (χ0n) is 10.2. The second-order valence-corrected chi connectivity index (χ2v) is 7.17. The first kappa shape index (κ1) is 12.6. The lowest BCUT2D eigenvalue weighted by molar-refractivity contribution is 0.579. The van der Waals surface area contributed by atoms with Crippen LogP contribution in [0.25, 0.3) is 11.4 Å². The van der Waals surface area contributed by atoms with E-state index in [2.05, 4.69) is 10.2 Å². The molecule has 1 fully saturated rings. The lowest BCUT2D eigenvalue weighted by Crippen LogP contribution is -2.06. The second-order valence-electron chi connectivity index (χ2n) is 4.71. The summed E-state index contributed by atoms with van der Waals surface area (Å²) in [6.45, 7) is 1.99. The Kier molecular flexibility index (Phi) is 2.87. The number of aryl methyl sites for hydroxylation is 1. The van der Waals surface area contributed by atoms with Gasteiger partial charge in [0, 0.05) is 22.3 Å². The van der Waals surface area contributed by atoms with Crippen LogP contribution in [0.15, 0.2) is 29.4 Å². The molecule has 1 aliphatic carbocycles. The summed E-state index contributed by atoms with van der Waals surface area (Å²) in [7, 11) is 1.54. The molecule has 1 aromatic carbocycles. The Balaban J connectivity index is 2.17. The van der Waals surface area contributed by atoms with Crippen molar-refractivity contribution in [2.24, 2.45) is 0 Å². The van der Waals surface area contributed by atoms with Gasteiger partial charge in [0.25, 0.3) is 14.2 Å². The number of hydrogen-bond acceptors (Lipinski definition) is 4. The van der Waals surface area contributed by atoms with E-state index in [9.17, 15) is 8.42 Å². The van der Waals surface area contributed by atoms with E-state index in [-0.39, 0.29) is 11.2 Å². The van der Waals surface area contributed by atoms with Crippen LogP contribution < -0.4 is 0 Å². The van der Waals surface area contributed by atoms with Gasteiger partial charge in [-0.05, 0) is 19.8 Å². The fourth-order valence-electron chi connectivity index (χ4n) is 2.00. The first-order chi connectivity index (χ1) is 8.97. The van der Waals surface area contributed by atoms with Gasteiger partial charge in [0.05, 0.1) is 0 Å². The SMILES string of the molecule is Cc1ccc(-c2nnc(S(=O)(=O)Cl)n2C2CC2)cc1. The molecule has 1 heterocycles. The van der Waals surface area contributed by atoms with E-state index in [4.69, 9.17) is 10.7 Å². The predicted molar refractivity (Wildman–Crippen MR) is 71.5 cm³/mol. The number of hydrogen-bond donors (Lipinski definition) is 0. The van der Waals surface area contributed by atoms with E-state index < -0.39 is 9.05 Å². The quantitative estimate of drug-likeness (QED) is 0.817. The Bertz CT molecular complexity index is 718. The van der Waals surface area contributed by atoms with Crippen molar-refractivity contribution in [1.82, 2.24) is 14.8 Å². The van der Waals surface area contributed by atoms with Crippen molar-refractivity contribution in [3.8, 4) is 11.4 Å². The van der Waals surface area contributed by atoms with Crippen molar-refractivity contribution in [2.75, 3.05) is 0 Å². The summed E-state index contributed by atoms with van der Waals surface area (Å²) in [4.78, 5) is 0. The molecule has 2 aromatic rings. The summed E-state index contributed by atoms with van der Waals surface area (Å²) in [6.07, 6.45) is 1.85. The lowest BCUT2D eigenvalue weighted by atomic mass is 10.1. The molecule has 0 N–H and O–H groups in total. The smallest absolute Gasteiger partial charge is 0.294 e. The highest BCUT2D eigenvalue weighted by atomic mass is 35.7. The van der Waals surface area contributed by atoms with Crippen LogP contribution in [0, 0.1) is 6.92 Å². The van der Waals surface area contributed by atoms with Crippen molar-refractivity contribution >= 4 is 19.7 Å². The molecule has 0 unspecified atom stereocenters. The molecule has 1 aliphatic rings. The van der Waals surface area contributed by atoms with Gasteiger partial charge in [-0.15, -0.1) is 10.2 Å². The average molecular weight is 298 g/mol. The molecule has 0 spiro atoms. The van der Waals surface area contributed by atoms with Gasteiger partial charge >= 0.3 is 0 Å². The topological polar surface area (TPSA) is 64.8 Å². The number of aromatic nitrogens is 3. The molecular weight excluding hydrogens is 286 g/mol.